The number of para-hydroxylation sites is 1. The molecule has 0 spiro atoms. The summed E-state index contributed by atoms with van der Waals surface area (Å²) in [7, 11) is 0. The number of benzene rings is 3. The Balaban J connectivity index is 1.56. The second-order valence-electron chi connectivity index (χ2n) is 7.09. The summed E-state index contributed by atoms with van der Waals surface area (Å²) in [5, 5.41) is 0.548. The average Bonchev–Trinajstić information content (AvgIpc) is 3.07. The smallest absolute Gasteiger partial charge is 0.266 e. The standard InChI is InChI=1S/C25H19ClN2O2S2/c26-21-14-8-7-11-19(21)15-22-24(30)28(25(31)32-22)17-23(29)27(20-12-5-2-6-13-20)16-18-9-3-1-4-10-18/h1-15H,16-17H2. The number of anilines is 1. The molecular weight excluding hydrogens is 460 g/mol. The number of hydrogen-bond acceptors (Lipinski definition) is 4. The van der Waals surface area contributed by atoms with Gasteiger partial charge in [-0.1, -0.05) is 102 Å². The minimum absolute atomic E-state index is 0.133. The monoisotopic (exact) mass is 478 g/mol. The molecule has 0 radical (unpaired) electrons. The number of rotatable bonds is 6. The van der Waals surface area contributed by atoms with E-state index in [0.717, 1.165) is 16.8 Å². The van der Waals surface area contributed by atoms with Crippen LogP contribution in [-0.4, -0.2) is 27.6 Å². The fourth-order valence-corrected chi connectivity index (χ4v) is 4.72. The number of thiocarbonyl (C=S) groups is 1. The topological polar surface area (TPSA) is 40.6 Å². The van der Waals surface area contributed by atoms with E-state index in [1.165, 1.54) is 16.7 Å². The van der Waals surface area contributed by atoms with Crippen molar-refractivity contribution in [2.24, 2.45) is 0 Å². The highest BCUT2D eigenvalue weighted by Gasteiger charge is 2.34. The van der Waals surface area contributed by atoms with Gasteiger partial charge < -0.3 is 4.90 Å². The van der Waals surface area contributed by atoms with E-state index in [1.807, 2.05) is 78.9 Å². The van der Waals surface area contributed by atoms with Crippen molar-refractivity contribution in [3.05, 3.63) is 106 Å². The van der Waals surface area contributed by atoms with Gasteiger partial charge in [-0.25, -0.2) is 0 Å². The third-order valence-corrected chi connectivity index (χ3v) is 6.63. The Hall–Kier alpha value is -2.93. The lowest BCUT2D eigenvalue weighted by Gasteiger charge is -2.25. The predicted molar refractivity (Wildman–Crippen MR) is 135 cm³/mol. The van der Waals surface area contributed by atoms with Crippen molar-refractivity contribution in [3.63, 3.8) is 0 Å². The van der Waals surface area contributed by atoms with E-state index in [2.05, 4.69) is 0 Å². The van der Waals surface area contributed by atoms with Crippen LogP contribution in [0.3, 0.4) is 0 Å². The highest BCUT2D eigenvalue weighted by atomic mass is 35.5. The van der Waals surface area contributed by atoms with E-state index >= 15 is 0 Å². The van der Waals surface area contributed by atoms with Crippen LogP contribution in [0.4, 0.5) is 5.69 Å². The van der Waals surface area contributed by atoms with E-state index in [1.54, 1.807) is 17.0 Å². The molecule has 32 heavy (non-hydrogen) atoms. The number of halogens is 1. The lowest BCUT2D eigenvalue weighted by atomic mass is 10.2. The second kappa shape index (κ2) is 10.1. The highest BCUT2D eigenvalue weighted by molar-refractivity contribution is 8.26. The quantitative estimate of drug-likeness (QED) is 0.333. The van der Waals surface area contributed by atoms with Crippen LogP contribution < -0.4 is 4.90 Å². The Morgan fingerprint density at radius 1 is 0.969 bits per heavy atom. The van der Waals surface area contributed by atoms with Gasteiger partial charge in [0.05, 0.1) is 11.4 Å². The maximum Gasteiger partial charge on any atom is 0.266 e. The van der Waals surface area contributed by atoms with Gasteiger partial charge in [0.2, 0.25) is 5.91 Å². The van der Waals surface area contributed by atoms with Gasteiger partial charge in [-0.3, -0.25) is 14.5 Å². The van der Waals surface area contributed by atoms with Gasteiger partial charge in [-0.15, -0.1) is 0 Å². The molecule has 0 N–H and O–H groups in total. The minimum atomic E-state index is -0.291. The Labute approximate surface area is 201 Å². The molecule has 0 aliphatic carbocycles. The molecule has 160 valence electrons. The first-order valence-corrected chi connectivity index (χ1v) is 11.5. The van der Waals surface area contributed by atoms with Crippen molar-refractivity contribution in [2.45, 2.75) is 6.54 Å². The second-order valence-corrected chi connectivity index (χ2v) is 9.17. The number of hydrogen-bond donors (Lipinski definition) is 0. The predicted octanol–water partition coefficient (Wildman–Crippen LogP) is 5.77. The van der Waals surface area contributed by atoms with Crippen molar-refractivity contribution in [1.29, 1.82) is 0 Å². The zero-order valence-electron chi connectivity index (χ0n) is 17.0. The third kappa shape index (κ3) is 5.10. The van der Waals surface area contributed by atoms with Gasteiger partial charge in [-0.2, -0.15) is 0 Å². The number of nitrogens with zero attached hydrogens (tertiary/aromatic N) is 2. The van der Waals surface area contributed by atoms with E-state index in [0.29, 0.717) is 20.8 Å². The number of carbonyl (C=O) groups is 2. The van der Waals surface area contributed by atoms with Crippen molar-refractivity contribution >= 4 is 63.5 Å². The first-order chi connectivity index (χ1) is 15.5. The lowest BCUT2D eigenvalue weighted by Crippen LogP contribution is -2.42. The molecule has 2 amide bonds. The fraction of sp³-hybridized carbons (Fsp3) is 0.0800. The summed E-state index contributed by atoms with van der Waals surface area (Å²) in [4.78, 5) is 29.8. The molecule has 1 aliphatic rings. The molecule has 0 unspecified atom stereocenters. The van der Waals surface area contributed by atoms with Crippen molar-refractivity contribution < 1.29 is 9.59 Å². The van der Waals surface area contributed by atoms with E-state index in [9.17, 15) is 9.59 Å². The molecule has 1 fully saturated rings. The molecule has 1 saturated heterocycles. The largest absolute Gasteiger partial charge is 0.306 e. The SMILES string of the molecule is O=C1C(=Cc2ccccc2Cl)SC(=S)N1CC(=O)N(Cc1ccccc1)c1ccccc1. The molecule has 0 atom stereocenters. The van der Waals surface area contributed by atoms with Crippen LogP contribution in [0.1, 0.15) is 11.1 Å². The van der Waals surface area contributed by atoms with Crippen LogP contribution >= 0.6 is 35.6 Å². The zero-order chi connectivity index (χ0) is 22.5. The Kier molecular flexibility index (Phi) is 7.05. The summed E-state index contributed by atoms with van der Waals surface area (Å²) in [5.41, 5.74) is 2.49. The molecule has 7 heteroatoms. The maximum absolute atomic E-state index is 13.3. The van der Waals surface area contributed by atoms with Crippen LogP contribution in [0.2, 0.25) is 5.02 Å². The van der Waals surface area contributed by atoms with Gasteiger partial charge in [-0.05, 0) is 35.4 Å². The normalized spacial score (nSPS) is 14.8. The summed E-state index contributed by atoms with van der Waals surface area (Å²) >= 11 is 12.8. The molecule has 4 nitrogen and oxygen atoms in total. The van der Waals surface area contributed by atoms with Gasteiger partial charge in [0.25, 0.3) is 5.91 Å². The summed E-state index contributed by atoms with van der Waals surface area (Å²) in [6, 6.07) is 26.4. The molecule has 3 aromatic carbocycles. The van der Waals surface area contributed by atoms with Gasteiger partial charge in [0, 0.05) is 10.7 Å². The van der Waals surface area contributed by atoms with Crippen LogP contribution in [0.15, 0.2) is 89.8 Å². The highest BCUT2D eigenvalue weighted by Crippen LogP contribution is 2.34. The molecule has 0 aromatic heterocycles. The van der Waals surface area contributed by atoms with E-state index < -0.39 is 0 Å². The Morgan fingerprint density at radius 3 is 2.28 bits per heavy atom. The first kappa shape index (κ1) is 22.3. The first-order valence-electron chi connectivity index (χ1n) is 9.92. The zero-order valence-corrected chi connectivity index (χ0v) is 19.4. The molecule has 3 aromatic rings. The van der Waals surface area contributed by atoms with Crippen LogP contribution in [0, 0.1) is 0 Å². The molecule has 0 bridgehead atoms. The van der Waals surface area contributed by atoms with Gasteiger partial charge in [0.1, 0.15) is 10.9 Å². The molecule has 1 aliphatic heterocycles. The van der Waals surface area contributed by atoms with Crippen molar-refractivity contribution in [2.75, 3.05) is 11.4 Å². The number of carbonyl (C=O) groups excluding carboxylic acids is 2. The average molecular weight is 479 g/mol. The Morgan fingerprint density at radius 2 is 1.59 bits per heavy atom. The van der Waals surface area contributed by atoms with E-state index in [4.69, 9.17) is 23.8 Å². The third-order valence-electron chi connectivity index (χ3n) is 4.91. The summed E-state index contributed by atoms with van der Waals surface area (Å²) in [6.45, 7) is 0.264. The molecular formula is C25H19ClN2O2S2. The van der Waals surface area contributed by atoms with Crippen LogP contribution in [-0.2, 0) is 16.1 Å². The molecule has 0 saturated carbocycles. The summed E-state index contributed by atoms with van der Waals surface area (Å²) in [6.07, 6.45) is 1.71. The summed E-state index contributed by atoms with van der Waals surface area (Å²) in [5.74, 6) is -0.503. The van der Waals surface area contributed by atoms with Crippen molar-refractivity contribution in [3.8, 4) is 0 Å². The molecule has 1 heterocycles. The Bertz CT molecular complexity index is 1180. The van der Waals surface area contributed by atoms with Crippen LogP contribution in [0.25, 0.3) is 6.08 Å². The number of amides is 2. The van der Waals surface area contributed by atoms with Crippen LogP contribution in [0.5, 0.6) is 0 Å². The molecule has 4 rings (SSSR count). The van der Waals surface area contributed by atoms with Gasteiger partial charge in [0.15, 0.2) is 0 Å². The maximum atomic E-state index is 13.3. The van der Waals surface area contributed by atoms with Gasteiger partial charge >= 0.3 is 0 Å². The minimum Gasteiger partial charge on any atom is -0.306 e. The van der Waals surface area contributed by atoms with Crippen molar-refractivity contribution in [1.82, 2.24) is 4.90 Å². The number of thioether (sulfide) groups is 1. The lowest BCUT2D eigenvalue weighted by molar-refractivity contribution is -0.127. The summed E-state index contributed by atoms with van der Waals surface area (Å²) < 4.78 is 0.356. The fourth-order valence-electron chi connectivity index (χ4n) is 3.29. The van der Waals surface area contributed by atoms with E-state index in [-0.39, 0.29) is 18.4 Å².